The molecule has 0 spiro atoms. The number of carboxylic acids is 1. The maximum Gasteiger partial charge on any atom is 0.313 e. The van der Waals surface area contributed by atoms with E-state index < -0.39 is 5.97 Å². The summed E-state index contributed by atoms with van der Waals surface area (Å²) in [5.74, 6) is -1.23. The monoisotopic (exact) mass is 325 g/mol. The maximum absolute atomic E-state index is 11.8. The zero-order chi connectivity index (χ0) is 15.2. The van der Waals surface area contributed by atoms with Crippen LogP contribution in [0.5, 0.6) is 5.75 Å². The number of aromatic hydroxyl groups is 1. The lowest BCUT2D eigenvalue weighted by Crippen LogP contribution is -2.14. The minimum absolute atomic E-state index is 0.101. The highest BCUT2D eigenvalue weighted by Gasteiger charge is 2.10. The highest BCUT2D eigenvalue weighted by molar-refractivity contribution is 8.01. The molecule has 0 unspecified atom stereocenters. The second-order valence-electron chi connectivity index (χ2n) is 3.95. The normalized spacial score (nSPS) is 10.3. The number of aromatic nitrogens is 2. The summed E-state index contributed by atoms with van der Waals surface area (Å²) in [6, 6.07) is 6.42. The van der Waals surface area contributed by atoms with Gasteiger partial charge in [0.2, 0.25) is 11.0 Å². The van der Waals surface area contributed by atoms with E-state index in [-0.39, 0.29) is 23.8 Å². The Labute approximate surface area is 128 Å². The SMILES string of the molecule is O=C(O)CSc1nnc(NC(=O)Cc2cccc(O)c2)s1. The van der Waals surface area contributed by atoms with Crippen LogP contribution in [0.4, 0.5) is 5.13 Å². The fourth-order valence-electron chi connectivity index (χ4n) is 1.46. The van der Waals surface area contributed by atoms with Crippen LogP contribution < -0.4 is 5.32 Å². The number of nitrogens with one attached hydrogen (secondary N) is 1. The molecule has 0 saturated carbocycles. The largest absolute Gasteiger partial charge is 0.508 e. The molecule has 2 rings (SSSR count). The molecule has 2 aromatic rings. The summed E-state index contributed by atoms with van der Waals surface area (Å²) >= 11 is 2.16. The van der Waals surface area contributed by atoms with E-state index in [4.69, 9.17) is 5.11 Å². The van der Waals surface area contributed by atoms with Gasteiger partial charge in [0.15, 0.2) is 4.34 Å². The number of thioether (sulfide) groups is 1. The van der Waals surface area contributed by atoms with Crippen LogP contribution >= 0.6 is 23.1 Å². The summed E-state index contributed by atoms with van der Waals surface area (Å²) < 4.78 is 0.477. The number of nitrogens with zero attached hydrogens (tertiary/aromatic N) is 2. The molecule has 0 aliphatic carbocycles. The van der Waals surface area contributed by atoms with Crippen molar-refractivity contribution in [3.8, 4) is 5.75 Å². The Morgan fingerprint density at radius 2 is 2.14 bits per heavy atom. The standard InChI is InChI=1S/C12H11N3O4S2/c16-8-3-1-2-7(4-8)5-9(17)13-11-14-15-12(21-11)20-6-10(18)19/h1-4,16H,5-6H2,(H,18,19)(H,13,14,17). The zero-order valence-electron chi connectivity index (χ0n) is 10.6. The quantitative estimate of drug-likeness (QED) is 0.546. The summed E-state index contributed by atoms with van der Waals surface area (Å²) in [5.41, 5.74) is 0.678. The molecule has 0 aliphatic heterocycles. The molecule has 7 nitrogen and oxygen atoms in total. The van der Waals surface area contributed by atoms with Gasteiger partial charge in [0.05, 0.1) is 12.2 Å². The number of hydrogen-bond donors (Lipinski definition) is 3. The molecule has 0 saturated heterocycles. The molecule has 1 amide bonds. The first-order valence-corrected chi connectivity index (χ1v) is 7.59. The molecule has 110 valence electrons. The number of carbonyl (C=O) groups is 2. The molecular formula is C12H11N3O4S2. The first-order chi connectivity index (χ1) is 10.0. The Balaban J connectivity index is 1.89. The van der Waals surface area contributed by atoms with Gasteiger partial charge >= 0.3 is 5.97 Å². The lowest BCUT2D eigenvalue weighted by molar-refractivity contribution is -0.133. The number of carbonyl (C=O) groups excluding carboxylic acids is 1. The van der Waals surface area contributed by atoms with Crippen molar-refractivity contribution in [3.63, 3.8) is 0 Å². The summed E-state index contributed by atoms with van der Waals surface area (Å²) in [7, 11) is 0. The van der Waals surface area contributed by atoms with Crippen LogP contribution in [-0.4, -0.2) is 38.0 Å². The van der Waals surface area contributed by atoms with Gasteiger partial charge in [-0.05, 0) is 17.7 Å². The molecule has 0 radical (unpaired) electrons. The number of hydrogen-bond acceptors (Lipinski definition) is 7. The van der Waals surface area contributed by atoms with Crippen LogP contribution in [0, 0.1) is 0 Å². The molecule has 1 aromatic carbocycles. The molecule has 0 bridgehead atoms. The fourth-order valence-corrected chi connectivity index (χ4v) is 2.95. The van der Waals surface area contributed by atoms with Crippen molar-refractivity contribution in [2.75, 3.05) is 11.1 Å². The molecule has 21 heavy (non-hydrogen) atoms. The molecule has 0 aliphatic rings. The molecule has 1 heterocycles. The Morgan fingerprint density at radius 3 is 2.86 bits per heavy atom. The Bertz CT molecular complexity index is 659. The number of carboxylic acid groups (broad SMARTS) is 1. The number of rotatable bonds is 6. The van der Waals surface area contributed by atoms with Gasteiger partial charge in [0.25, 0.3) is 0 Å². The van der Waals surface area contributed by atoms with E-state index >= 15 is 0 Å². The average Bonchev–Trinajstić information content (AvgIpc) is 2.83. The van der Waals surface area contributed by atoms with Gasteiger partial charge in [-0.2, -0.15) is 0 Å². The van der Waals surface area contributed by atoms with E-state index in [1.54, 1.807) is 12.1 Å². The summed E-state index contributed by atoms with van der Waals surface area (Å²) in [6.45, 7) is 0. The van der Waals surface area contributed by atoms with Gasteiger partial charge in [-0.3, -0.25) is 9.59 Å². The van der Waals surface area contributed by atoms with E-state index in [1.807, 2.05) is 0 Å². The first kappa shape index (κ1) is 15.3. The fraction of sp³-hybridized carbons (Fsp3) is 0.167. The van der Waals surface area contributed by atoms with Crippen LogP contribution in [0.15, 0.2) is 28.6 Å². The van der Waals surface area contributed by atoms with E-state index in [0.717, 1.165) is 23.1 Å². The zero-order valence-corrected chi connectivity index (χ0v) is 12.3. The Morgan fingerprint density at radius 1 is 1.33 bits per heavy atom. The van der Waals surface area contributed by atoms with E-state index in [9.17, 15) is 14.7 Å². The topological polar surface area (TPSA) is 112 Å². The number of phenols is 1. The number of anilines is 1. The van der Waals surface area contributed by atoms with Crippen molar-refractivity contribution in [1.82, 2.24) is 10.2 Å². The average molecular weight is 325 g/mol. The van der Waals surface area contributed by atoms with E-state index in [1.165, 1.54) is 12.1 Å². The van der Waals surface area contributed by atoms with Crippen molar-refractivity contribution >= 4 is 40.1 Å². The van der Waals surface area contributed by atoms with Gasteiger partial charge in [0.1, 0.15) is 5.75 Å². The third kappa shape index (κ3) is 5.04. The minimum Gasteiger partial charge on any atom is -0.508 e. The molecule has 9 heteroatoms. The Kier molecular flexibility index (Phi) is 5.12. The number of benzene rings is 1. The summed E-state index contributed by atoms with van der Waals surface area (Å²) in [6.07, 6.45) is 0.103. The molecular weight excluding hydrogens is 314 g/mol. The van der Waals surface area contributed by atoms with Crippen LogP contribution in [-0.2, 0) is 16.0 Å². The van der Waals surface area contributed by atoms with Crippen molar-refractivity contribution in [1.29, 1.82) is 0 Å². The second kappa shape index (κ2) is 7.04. The predicted octanol–water partition coefficient (Wildman–Crippen LogP) is 1.60. The highest BCUT2D eigenvalue weighted by Crippen LogP contribution is 2.25. The summed E-state index contributed by atoms with van der Waals surface area (Å²) in [4.78, 5) is 22.2. The number of amides is 1. The lowest BCUT2D eigenvalue weighted by Gasteiger charge is -2.01. The molecule has 0 atom stereocenters. The van der Waals surface area contributed by atoms with Crippen molar-refractivity contribution < 1.29 is 19.8 Å². The van der Waals surface area contributed by atoms with Gasteiger partial charge in [0, 0.05) is 0 Å². The number of phenolic OH excluding ortho intramolecular Hbond substituents is 1. The predicted molar refractivity (Wildman–Crippen MR) is 78.7 cm³/mol. The van der Waals surface area contributed by atoms with Gasteiger partial charge in [-0.1, -0.05) is 35.2 Å². The Hall–Kier alpha value is -2.13. The molecule has 3 N–H and O–H groups in total. The van der Waals surface area contributed by atoms with E-state index in [2.05, 4.69) is 15.5 Å². The van der Waals surface area contributed by atoms with Gasteiger partial charge in [-0.25, -0.2) is 0 Å². The summed E-state index contributed by atoms with van der Waals surface area (Å²) in [5, 5.41) is 28.3. The van der Waals surface area contributed by atoms with Crippen molar-refractivity contribution in [2.24, 2.45) is 0 Å². The van der Waals surface area contributed by atoms with Crippen molar-refractivity contribution in [2.45, 2.75) is 10.8 Å². The molecule has 0 fully saturated rings. The van der Waals surface area contributed by atoms with Gasteiger partial charge < -0.3 is 15.5 Å². The third-order valence-corrected chi connectivity index (χ3v) is 4.20. The third-order valence-electron chi connectivity index (χ3n) is 2.25. The van der Waals surface area contributed by atoms with Crippen LogP contribution in [0.2, 0.25) is 0 Å². The number of aliphatic carboxylic acids is 1. The maximum atomic E-state index is 11.8. The van der Waals surface area contributed by atoms with Gasteiger partial charge in [-0.15, -0.1) is 10.2 Å². The molecule has 1 aromatic heterocycles. The second-order valence-corrected chi connectivity index (χ2v) is 6.15. The minimum atomic E-state index is -0.940. The lowest BCUT2D eigenvalue weighted by atomic mass is 10.1. The smallest absolute Gasteiger partial charge is 0.313 e. The highest BCUT2D eigenvalue weighted by atomic mass is 32.2. The van der Waals surface area contributed by atoms with E-state index in [0.29, 0.717) is 15.0 Å². The first-order valence-electron chi connectivity index (χ1n) is 5.79. The van der Waals surface area contributed by atoms with Crippen molar-refractivity contribution in [3.05, 3.63) is 29.8 Å². The van der Waals surface area contributed by atoms with Crippen LogP contribution in [0.3, 0.4) is 0 Å². The van der Waals surface area contributed by atoms with Crippen LogP contribution in [0.25, 0.3) is 0 Å². The van der Waals surface area contributed by atoms with Crippen LogP contribution in [0.1, 0.15) is 5.56 Å².